The van der Waals surface area contributed by atoms with Crippen molar-refractivity contribution in [1.82, 2.24) is 4.98 Å². The first-order valence-corrected chi connectivity index (χ1v) is 4.12. The summed E-state index contributed by atoms with van der Waals surface area (Å²) >= 11 is 0. The van der Waals surface area contributed by atoms with Crippen LogP contribution >= 0.6 is 0 Å². The van der Waals surface area contributed by atoms with E-state index < -0.39 is 5.82 Å². The molecule has 1 aromatic carbocycles. The molecule has 0 aliphatic carbocycles. The number of nitrogens with zero attached hydrogens (tertiary/aromatic N) is 1. The number of hydrogen-bond donors (Lipinski definition) is 0. The topological polar surface area (TPSA) is 22.1 Å². The normalized spacial score (nSPS) is 9.79. The highest BCUT2D eigenvalue weighted by Crippen LogP contribution is 2.20. The lowest BCUT2D eigenvalue weighted by molar-refractivity contribution is 0.422. The van der Waals surface area contributed by atoms with Crippen molar-refractivity contribution in [1.29, 1.82) is 0 Å². The Morgan fingerprint density at radius 2 is 1.93 bits per heavy atom. The van der Waals surface area contributed by atoms with E-state index in [1.807, 2.05) is 6.07 Å². The minimum atomic E-state index is -0.493. The van der Waals surface area contributed by atoms with Crippen LogP contribution in [-0.2, 0) is 0 Å². The summed E-state index contributed by atoms with van der Waals surface area (Å²) in [7, 11) is 0. The van der Waals surface area contributed by atoms with Crippen LogP contribution in [-0.4, -0.2) is 4.98 Å². The van der Waals surface area contributed by atoms with Crippen molar-refractivity contribution < 1.29 is 9.13 Å². The van der Waals surface area contributed by atoms with Gasteiger partial charge in [0.2, 0.25) is 0 Å². The summed E-state index contributed by atoms with van der Waals surface area (Å²) in [5.41, 5.74) is 0. The molecule has 0 N–H and O–H groups in total. The van der Waals surface area contributed by atoms with Crippen LogP contribution in [0.15, 0.2) is 42.5 Å². The lowest BCUT2D eigenvalue weighted by atomic mass is 10.3. The van der Waals surface area contributed by atoms with E-state index in [4.69, 9.17) is 4.74 Å². The van der Waals surface area contributed by atoms with E-state index in [0.29, 0.717) is 5.75 Å². The number of pyridine rings is 1. The number of hydrogen-bond acceptors (Lipinski definition) is 2. The first kappa shape index (κ1) is 8.69. The first-order valence-electron chi connectivity index (χ1n) is 4.12. The maximum atomic E-state index is 13.1. The second-order valence-corrected chi connectivity index (χ2v) is 2.64. The fourth-order valence-corrected chi connectivity index (χ4v) is 1.00. The predicted molar refractivity (Wildman–Crippen MR) is 49.5 cm³/mol. The number of halogens is 1. The summed E-state index contributed by atoms with van der Waals surface area (Å²) in [5.74, 6) is 0.00445. The minimum absolute atomic E-state index is 0.0568. The van der Waals surface area contributed by atoms with Crippen LogP contribution in [0.5, 0.6) is 11.6 Å². The monoisotopic (exact) mass is 188 g/mol. The molecular formula is C11H7FNO. The second-order valence-electron chi connectivity index (χ2n) is 2.64. The zero-order valence-corrected chi connectivity index (χ0v) is 7.27. The molecule has 0 bridgehead atoms. The third-order valence-corrected chi connectivity index (χ3v) is 1.63. The Morgan fingerprint density at radius 1 is 1.14 bits per heavy atom. The molecule has 0 unspecified atom stereocenters. The van der Waals surface area contributed by atoms with Crippen LogP contribution in [0, 0.1) is 12.0 Å². The Bertz CT molecular complexity index is 417. The minimum Gasteiger partial charge on any atom is -0.436 e. The zero-order valence-electron chi connectivity index (χ0n) is 7.27. The van der Waals surface area contributed by atoms with Crippen molar-refractivity contribution in [2.45, 2.75) is 0 Å². The largest absolute Gasteiger partial charge is 0.436 e. The summed E-state index contributed by atoms with van der Waals surface area (Å²) in [6.45, 7) is 0. The maximum absolute atomic E-state index is 13.1. The van der Waals surface area contributed by atoms with E-state index in [1.165, 1.54) is 12.1 Å². The van der Waals surface area contributed by atoms with Crippen LogP contribution in [0.4, 0.5) is 4.39 Å². The molecule has 1 aromatic heterocycles. The van der Waals surface area contributed by atoms with Crippen LogP contribution in [0.25, 0.3) is 0 Å². The Balaban J connectivity index is 2.24. The molecule has 69 valence electrons. The van der Waals surface area contributed by atoms with Gasteiger partial charge in [-0.3, -0.25) is 0 Å². The van der Waals surface area contributed by atoms with E-state index in [1.54, 1.807) is 24.3 Å². The Labute approximate surface area is 81.0 Å². The summed E-state index contributed by atoms with van der Waals surface area (Å²) in [6, 6.07) is 11.6. The molecule has 0 saturated heterocycles. The first-order chi connectivity index (χ1) is 6.86. The standard InChI is InChI=1S/C11H7FNO/c12-10-7-4-8-13-11(10)14-9-5-2-1-3-6-9/h1-7H. The molecule has 3 heteroatoms. The fraction of sp³-hybridized carbons (Fsp3) is 0. The van der Waals surface area contributed by atoms with Crippen LogP contribution in [0.3, 0.4) is 0 Å². The van der Waals surface area contributed by atoms with E-state index in [-0.39, 0.29) is 5.88 Å². The molecule has 0 spiro atoms. The summed E-state index contributed by atoms with van der Waals surface area (Å²) in [4.78, 5) is 3.65. The van der Waals surface area contributed by atoms with Crippen molar-refractivity contribution in [3.8, 4) is 11.6 Å². The molecule has 0 aliphatic heterocycles. The fourth-order valence-electron chi connectivity index (χ4n) is 1.00. The molecule has 0 saturated carbocycles. The van der Waals surface area contributed by atoms with Gasteiger partial charge in [0.25, 0.3) is 5.88 Å². The van der Waals surface area contributed by atoms with Gasteiger partial charge in [0.1, 0.15) is 5.75 Å². The lowest BCUT2D eigenvalue weighted by Gasteiger charge is -2.03. The molecule has 2 rings (SSSR count). The van der Waals surface area contributed by atoms with Crippen LogP contribution in [0.1, 0.15) is 0 Å². The average molecular weight is 188 g/mol. The van der Waals surface area contributed by atoms with Gasteiger partial charge in [-0.25, -0.2) is 9.37 Å². The zero-order chi connectivity index (χ0) is 9.80. The van der Waals surface area contributed by atoms with Gasteiger partial charge in [-0.15, -0.1) is 0 Å². The Hall–Kier alpha value is -1.90. The highest BCUT2D eigenvalue weighted by molar-refractivity contribution is 5.26. The molecule has 2 aromatic rings. The molecule has 0 atom stereocenters. The highest BCUT2D eigenvalue weighted by atomic mass is 19.1. The van der Waals surface area contributed by atoms with Crippen LogP contribution < -0.4 is 4.74 Å². The van der Waals surface area contributed by atoms with Crippen molar-refractivity contribution >= 4 is 0 Å². The number of rotatable bonds is 2. The average Bonchev–Trinajstić information content (AvgIpc) is 2.23. The summed E-state index contributed by atoms with van der Waals surface area (Å²) in [5, 5.41) is 0. The van der Waals surface area contributed by atoms with Crippen LogP contribution in [0.2, 0.25) is 0 Å². The molecule has 1 radical (unpaired) electrons. The van der Waals surface area contributed by atoms with E-state index >= 15 is 0 Å². The van der Waals surface area contributed by atoms with E-state index in [2.05, 4.69) is 11.2 Å². The summed E-state index contributed by atoms with van der Waals surface area (Å²) < 4.78 is 18.3. The van der Waals surface area contributed by atoms with Gasteiger partial charge >= 0.3 is 0 Å². The van der Waals surface area contributed by atoms with E-state index in [9.17, 15) is 4.39 Å². The molecule has 14 heavy (non-hydrogen) atoms. The van der Waals surface area contributed by atoms with Crippen molar-refractivity contribution in [3.63, 3.8) is 0 Å². The van der Waals surface area contributed by atoms with Gasteiger partial charge in [0.15, 0.2) is 5.82 Å². The predicted octanol–water partition coefficient (Wildman–Crippen LogP) is 2.81. The van der Waals surface area contributed by atoms with Gasteiger partial charge in [0.05, 0.1) is 6.20 Å². The second kappa shape index (κ2) is 3.87. The van der Waals surface area contributed by atoms with Gasteiger partial charge in [-0.1, -0.05) is 18.2 Å². The number of benzene rings is 1. The number of aromatic nitrogens is 1. The van der Waals surface area contributed by atoms with Gasteiger partial charge < -0.3 is 4.74 Å². The Kier molecular flexibility index (Phi) is 2.40. The van der Waals surface area contributed by atoms with Crippen molar-refractivity contribution in [2.24, 2.45) is 0 Å². The van der Waals surface area contributed by atoms with Gasteiger partial charge in [-0.2, -0.15) is 0 Å². The van der Waals surface area contributed by atoms with E-state index in [0.717, 1.165) is 0 Å². The van der Waals surface area contributed by atoms with Crippen molar-refractivity contribution in [3.05, 3.63) is 54.5 Å². The molecule has 0 fully saturated rings. The third-order valence-electron chi connectivity index (χ3n) is 1.63. The smallest absolute Gasteiger partial charge is 0.256 e. The van der Waals surface area contributed by atoms with Crippen molar-refractivity contribution in [2.75, 3.05) is 0 Å². The molecule has 2 nitrogen and oxygen atoms in total. The third kappa shape index (κ3) is 1.88. The van der Waals surface area contributed by atoms with Gasteiger partial charge in [0, 0.05) is 0 Å². The summed E-state index contributed by atoms with van der Waals surface area (Å²) in [6.07, 6.45) is 2.51. The molecule has 0 aliphatic rings. The van der Waals surface area contributed by atoms with Gasteiger partial charge in [-0.05, 0) is 24.3 Å². The molecule has 1 heterocycles. The Morgan fingerprint density at radius 3 is 2.64 bits per heavy atom. The quantitative estimate of drug-likeness (QED) is 0.722. The lowest BCUT2D eigenvalue weighted by Crippen LogP contribution is -1.90. The highest BCUT2D eigenvalue weighted by Gasteiger charge is 2.03. The number of para-hydroxylation sites is 1. The SMILES string of the molecule is Fc1cc[c]nc1Oc1ccccc1. The maximum Gasteiger partial charge on any atom is 0.256 e. The molecular weight excluding hydrogens is 181 g/mol. The number of ether oxygens (including phenoxy) is 1. The molecule has 0 amide bonds.